The summed E-state index contributed by atoms with van der Waals surface area (Å²) in [6.45, 7) is 7.78. The highest BCUT2D eigenvalue weighted by atomic mass is 79.9. The van der Waals surface area contributed by atoms with Crippen molar-refractivity contribution < 1.29 is 0 Å². The second-order valence-corrected chi connectivity index (χ2v) is 6.86. The van der Waals surface area contributed by atoms with Crippen LogP contribution in [0.2, 0.25) is 0 Å². The Balaban J connectivity index is 2.29. The molecule has 0 bridgehead atoms. The minimum absolute atomic E-state index is 0.142. The Kier molecular flexibility index (Phi) is 4.54. The summed E-state index contributed by atoms with van der Waals surface area (Å²) in [4.78, 5) is 4.99. The fourth-order valence-electron chi connectivity index (χ4n) is 2.97. The molecule has 0 amide bonds. The molecule has 1 aromatic carbocycles. The fourth-order valence-corrected chi connectivity index (χ4v) is 3.47. The van der Waals surface area contributed by atoms with Crippen LogP contribution in [0.1, 0.15) is 13.8 Å². The van der Waals surface area contributed by atoms with E-state index in [0.29, 0.717) is 6.04 Å². The second-order valence-electron chi connectivity index (χ2n) is 6.00. The van der Waals surface area contributed by atoms with Gasteiger partial charge in [-0.05, 0) is 56.0 Å². The van der Waals surface area contributed by atoms with Crippen molar-refractivity contribution in [2.75, 3.05) is 38.6 Å². The molecule has 1 fully saturated rings. The number of halogens is 1. The molecule has 1 unspecified atom stereocenters. The molecule has 1 aromatic rings. The van der Waals surface area contributed by atoms with Crippen LogP contribution in [-0.4, -0.2) is 50.2 Å². The highest BCUT2D eigenvalue weighted by Crippen LogP contribution is 2.34. The van der Waals surface area contributed by atoms with Gasteiger partial charge in [-0.15, -0.1) is 0 Å². The lowest BCUT2D eigenvalue weighted by Crippen LogP contribution is -2.64. The average molecular weight is 326 g/mol. The van der Waals surface area contributed by atoms with Crippen LogP contribution in [0.4, 0.5) is 5.69 Å². The number of para-hydroxylation sites is 1. The topological polar surface area (TPSA) is 18.5 Å². The zero-order valence-electron chi connectivity index (χ0n) is 12.3. The smallest absolute Gasteiger partial charge is 0.0516 e. The third kappa shape index (κ3) is 3.12. The number of nitrogens with zero attached hydrogens (tertiary/aromatic N) is 2. The Hall–Kier alpha value is -0.580. The number of rotatable bonds is 3. The SMILES string of the molecule is CNCC1CN(c2ccccc2Br)C(C)(C)CN1C. The Morgan fingerprint density at radius 2 is 2.05 bits per heavy atom. The first kappa shape index (κ1) is 14.8. The molecule has 0 spiro atoms. The maximum absolute atomic E-state index is 3.69. The van der Waals surface area contributed by atoms with Gasteiger partial charge in [0.05, 0.1) is 5.69 Å². The first-order valence-electron chi connectivity index (χ1n) is 6.83. The van der Waals surface area contributed by atoms with E-state index < -0.39 is 0 Å². The number of hydrogen-bond donors (Lipinski definition) is 1. The van der Waals surface area contributed by atoms with Crippen LogP contribution >= 0.6 is 15.9 Å². The van der Waals surface area contributed by atoms with Gasteiger partial charge in [0.1, 0.15) is 0 Å². The van der Waals surface area contributed by atoms with Crippen LogP contribution in [0.25, 0.3) is 0 Å². The largest absolute Gasteiger partial charge is 0.363 e. The molecule has 106 valence electrons. The van der Waals surface area contributed by atoms with E-state index in [4.69, 9.17) is 0 Å². The van der Waals surface area contributed by atoms with E-state index in [9.17, 15) is 0 Å². The van der Waals surface area contributed by atoms with Gasteiger partial charge in [-0.25, -0.2) is 0 Å². The first-order valence-corrected chi connectivity index (χ1v) is 7.62. The number of benzene rings is 1. The number of anilines is 1. The molecule has 0 saturated carbocycles. The highest BCUT2D eigenvalue weighted by molar-refractivity contribution is 9.10. The summed E-state index contributed by atoms with van der Waals surface area (Å²) < 4.78 is 1.18. The van der Waals surface area contributed by atoms with Crippen LogP contribution in [0.15, 0.2) is 28.7 Å². The maximum atomic E-state index is 3.69. The zero-order valence-corrected chi connectivity index (χ0v) is 13.9. The van der Waals surface area contributed by atoms with Crippen molar-refractivity contribution in [2.24, 2.45) is 0 Å². The van der Waals surface area contributed by atoms with Gasteiger partial charge < -0.3 is 10.2 Å². The number of nitrogens with one attached hydrogen (secondary N) is 1. The van der Waals surface area contributed by atoms with Crippen LogP contribution in [0, 0.1) is 0 Å². The van der Waals surface area contributed by atoms with Gasteiger partial charge in [-0.3, -0.25) is 4.90 Å². The number of likely N-dealkylation sites (N-methyl/N-ethyl adjacent to an activating group) is 2. The molecule has 1 saturated heterocycles. The standard InChI is InChI=1S/C15H24BrN3/c1-15(2)11-18(4)12(9-17-3)10-19(15)14-8-6-5-7-13(14)16/h5-8,12,17H,9-11H2,1-4H3. The van der Waals surface area contributed by atoms with Crippen molar-refractivity contribution >= 4 is 21.6 Å². The summed E-state index contributed by atoms with van der Waals surface area (Å²) in [5, 5.41) is 3.30. The van der Waals surface area contributed by atoms with E-state index >= 15 is 0 Å². The maximum Gasteiger partial charge on any atom is 0.0516 e. The predicted molar refractivity (Wildman–Crippen MR) is 85.9 cm³/mol. The molecule has 19 heavy (non-hydrogen) atoms. The highest BCUT2D eigenvalue weighted by Gasteiger charge is 2.37. The van der Waals surface area contributed by atoms with E-state index in [1.54, 1.807) is 0 Å². The van der Waals surface area contributed by atoms with E-state index in [-0.39, 0.29) is 5.54 Å². The summed E-state index contributed by atoms with van der Waals surface area (Å²) in [6.07, 6.45) is 0. The van der Waals surface area contributed by atoms with Crippen molar-refractivity contribution in [1.82, 2.24) is 10.2 Å². The summed E-state index contributed by atoms with van der Waals surface area (Å²) >= 11 is 3.69. The molecule has 1 atom stereocenters. The molecule has 1 aliphatic rings. The lowest BCUT2D eigenvalue weighted by molar-refractivity contribution is 0.150. The summed E-state index contributed by atoms with van der Waals surface area (Å²) in [5.41, 5.74) is 1.43. The normalized spacial score (nSPS) is 23.6. The Bertz CT molecular complexity index is 433. The Morgan fingerprint density at radius 3 is 2.68 bits per heavy atom. The molecule has 0 radical (unpaired) electrons. The molecule has 2 rings (SSSR count). The molecular weight excluding hydrogens is 302 g/mol. The lowest BCUT2D eigenvalue weighted by Gasteiger charge is -2.51. The quantitative estimate of drug-likeness (QED) is 0.921. The van der Waals surface area contributed by atoms with E-state index in [1.165, 1.54) is 10.2 Å². The summed E-state index contributed by atoms with van der Waals surface area (Å²) in [6, 6.07) is 9.05. The van der Waals surface area contributed by atoms with Crippen LogP contribution in [-0.2, 0) is 0 Å². The van der Waals surface area contributed by atoms with E-state index in [2.05, 4.69) is 76.2 Å². The number of piperazine rings is 1. The minimum atomic E-state index is 0.142. The van der Waals surface area contributed by atoms with Gasteiger partial charge in [-0.1, -0.05) is 12.1 Å². The molecule has 0 aromatic heterocycles. The van der Waals surface area contributed by atoms with Gasteiger partial charge in [0.15, 0.2) is 0 Å². The van der Waals surface area contributed by atoms with E-state index in [1.807, 2.05) is 7.05 Å². The van der Waals surface area contributed by atoms with Crippen molar-refractivity contribution in [3.63, 3.8) is 0 Å². The third-order valence-electron chi connectivity index (χ3n) is 3.97. The molecule has 3 nitrogen and oxygen atoms in total. The van der Waals surface area contributed by atoms with Crippen molar-refractivity contribution in [1.29, 1.82) is 0 Å². The molecular formula is C15H24BrN3. The predicted octanol–water partition coefficient (Wildman–Crippen LogP) is 2.57. The summed E-state index contributed by atoms with van der Waals surface area (Å²) in [7, 11) is 4.25. The van der Waals surface area contributed by atoms with Crippen LogP contribution in [0.5, 0.6) is 0 Å². The van der Waals surface area contributed by atoms with Crippen LogP contribution < -0.4 is 10.2 Å². The zero-order chi connectivity index (χ0) is 14.0. The second kappa shape index (κ2) is 5.81. The molecule has 1 heterocycles. The van der Waals surface area contributed by atoms with Gasteiger partial charge in [0.25, 0.3) is 0 Å². The average Bonchev–Trinajstić information content (AvgIpc) is 2.33. The minimum Gasteiger partial charge on any atom is -0.363 e. The van der Waals surface area contributed by atoms with Gasteiger partial charge in [-0.2, -0.15) is 0 Å². The van der Waals surface area contributed by atoms with Crippen LogP contribution in [0.3, 0.4) is 0 Å². The molecule has 1 aliphatic heterocycles. The lowest BCUT2D eigenvalue weighted by atomic mass is 9.95. The molecule has 1 N–H and O–H groups in total. The van der Waals surface area contributed by atoms with Crippen molar-refractivity contribution in [2.45, 2.75) is 25.4 Å². The third-order valence-corrected chi connectivity index (χ3v) is 4.64. The Morgan fingerprint density at radius 1 is 1.37 bits per heavy atom. The first-order chi connectivity index (χ1) is 8.95. The van der Waals surface area contributed by atoms with E-state index in [0.717, 1.165) is 19.6 Å². The summed E-state index contributed by atoms with van der Waals surface area (Å²) in [5.74, 6) is 0. The van der Waals surface area contributed by atoms with Gasteiger partial charge >= 0.3 is 0 Å². The van der Waals surface area contributed by atoms with Crippen molar-refractivity contribution in [3.8, 4) is 0 Å². The Labute approximate surface area is 125 Å². The molecule has 4 heteroatoms. The number of hydrogen-bond acceptors (Lipinski definition) is 3. The molecule has 0 aliphatic carbocycles. The van der Waals surface area contributed by atoms with Crippen molar-refractivity contribution in [3.05, 3.63) is 28.7 Å². The van der Waals surface area contributed by atoms with Gasteiger partial charge in [0.2, 0.25) is 0 Å². The monoisotopic (exact) mass is 325 g/mol. The van der Waals surface area contributed by atoms with Gasteiger partial charge in [0, 0.05) is 35.7 Å². The fraction of sp³-hybridized carbons (Fsp3) is 0.600.